The Morgan fingerprint density at radius 3 is 2.85 bits per heavy atom. The van der Waals surface area contributed by atoms with Gasteiger partial charge in [0.1, 0.15) is 12.1 Å². The summed E-state index contributed by atoms with van der Waals surface area (Å²) in [4.78, 5) is 8.11. The van der Waals surface area contributed by atoms with E-state index in [9.17, 15) is 4.39 Å². The molecule has 0 aliphatic heterocycles. The number of ether oxygens (including phenoxy) is 1. The van der Waals surface area contributed by atoms with Gasteiger partial charge in [-0.1, -0.05) is 19.4 Å². The van der Waals surface area contributed by atoms with Crippen molar-refractivity contribution in [2.75, 3.05) is 5.43 Å². The Hall–Kier alpha value is -2.21. The van der Waals surface area contributed by atoms with Crippen molar-refractivity contribution in [1.82, 2.24) is 9.97 Å². The second-order valence-electron chi connectivity index (χ2n) is 4.44. The molecule has 0 bridgehead atoms. The molecule has 0 unspecified atom stereocenters. The Labute approximate surface area is 117 Å². The van der Waals surface area contributed by atoms with E-state index in [0.717, 1.165) is 17.5 Å². The highest BCUT2D eigenvalue weighted by Gasteiger charge is 2.14. The van der Waals surface area contributed by atoms with Crippen LogP contribution in [0.25, 0.3) is 0 Å². The number of nitrogens with zero attached hydrogens (tertiary/aromatic N) is 2. The number of hydrogen-bond acceptors (Lipinski definition) is 5. The highest BCUT2D eigenvalue weighted by molar-refractivity contribution is 5.49. The lowest BCUT2D eigenvalue weighted by atomic mass is 10.1. The third-order valence-corrected chi connectivity index (χ3v) is 2.84. The maximum atomic E-state index is 13.7. The van der Waals surface area contributed by atoms with E-state index in [4.69, 9.17) is 10.6 Å². The highest BCUT2D eigenvalue weighted by Crippen LogP contribution is 2.29. The Kier molecular flexibility index (Phi) is 4.47. The third kappa shape index (κ3) is 3.03. The highest BCUT2D eigenvalue weighted by atomic mass is 19.1. The van der Waals surface area contributed by atoms with Crippen molar-refractivity contribution in [3.05, 3.63) is 41.5 Å². The van der Waals surface area contributed by atoms with Crippen molar-refractivity contribution in [3.63, 3.8) is 0 Å². The molecule has 0 radical (unpaired) electrons. The van der Waals surface area contributed by atoms with Crippen LogP contribution in [-0.2, 0) is 6.42 Å². The molecule has 1 aromatic carbocycles. The third-order valence-electron chi connectivity index (χ3n) is 2.84. The fraction of sp³-hybridized carbons (Fsp3) is 0.286. The van der Waals surface area contributed by atoms with Gasteiger partial charge in [-0.05, 0) is 31.0 Å². The van der Waals surface area contributed by atoms with Crippen molar-refractivity contribution in [2.45, 2.75) is 26.7 Å². The minimum atomic E-state index is -0.432. The Bertz CT molecular complexity index is 604. The van der Waals surface area contributed by atoms with Gasteiger partial charge in [0.2, 0.25) is 5.88 Å². The predicted octanol–water partition coefficient (Wildman–Crippen LogP) is 2.95. The number of benzene rings is 1. The number of hydrogen-bond donors (Lipinski definition) is 2. The molecule has 0 spiro atoms. The number of nitrogens with one attached hydrogen (secondary N) is 1. The van der Waals surface area contributed by atoms with Gasteiger partial charge >= 0.3 is 0 Å². The number of nitrogens with two attached hydrogens (primary N) is 1. The standard InChI is InChI=1S/C14H17FN4O/c1-3-4-10-13(19-16)17-8-18-14(10)20-12-7-9(2)5-6-11(12)15/h5-8H,3-4,16H2,1-2H3,(H,17,18,19). The summed E-state index contributed by atoms with van der Waals surface area (Å²) in [6, 6.07) is 4.68. The number of anilines is 1. The van der Waals surface area contributed by atoms with Gasteiger partial charge < -0.3 is 10.2 Å². The van der Waals surface area contributed by atoms with Crippen LogP contribution in [0.1, 0.15) is 24.5 Å². The smallest absolute Gasteiger partial charge is 0.227 e. The van der Waals surface area contributed by atoms with Crippen LogP contribution in [0, 0.1) is 12.7 Å². The van der Waals surface area contributed by atoms with E-state index in [1.54, 1.807) is 12.1 Å². The van der Waals surface area contributed by atoms with E-state index in [2.05, 4.69) is 15.4 Å². The summed E-state index contributed by atoms with van der Waals surface area (Å²) in [5.74, 6) is 5.95. The molecule has 0 amide bonds. The van der Waals surface area contributed by atoms with Gasteiger partial charge in [0, 0.05) is 0 Å². The lowest BCUT2D eigenvalue weighted by Crippen LogP contribution is -2.12. The first kappa shape index (κ1) is 14.2. The van der Waals surface area contributed by atoms with Gasteiger partial charge in [-0.15, -0.1) is 0 Å². The fourth-order valence-corrected chi connectivity index (χ4v) is 1.88. The van der Waals surface area contributed by atoms with Crippen molar-refractivity contribution in [1.29, 1.82) is 0 Å². The maximum absolute atomic E-state index is 13.7. The van der Waals surface area contributed by atoms with Gasteiger partial charge in [0.05, 0.1) is 5.56 Å². The van der Waals surface area contributed by atoms with Crippen LogP contribution in [-0.4, -0.2) is 9.97 Å². The molecule has 1 heterocycles. The van der Waals surface area contributed by atoms with Crippen molar-refractivity contribution < 1.29 is 9.13 Å². The molecule has 2 rings (SSSR count). The van der Waals surface area contributed by atoms with Gasteiger partial charge in [0.25, 0.3) is 0 Å². The van der Waals surface area contributed by atoms with Crippen LogP contribution in [0.2, 0.25) is 0 Å². The zero-order valence-electron chi connectivity index (χ0n) is 11.5. The molecule has 0 atom stereocenters. The summed E-state index contributed by atoms with van der Waals surface area (Å²) >= 11 is 0. The summed E-state index contributed by atoms with van der Waals surface area (Å²) in [5.41, 5.74) is 4.15. The first-order valence-corrected chi connectivity index (χ1v) is 6.40. The van der Waals surface area contributed by atoms with Crippen LogP contribution in [0.3, 0.4) is 0 Å². The average Bonchev–Trinajstić information content (AvgIpc) is 2.45. The SMILES string of the molecule is CCCc1c(NN)ncnc1Oc1cc(C)ccc1F. The topological polar surface area (TPSA) is 73.1 Å². The van der Waals surface area contributed by atoms with E-state index in [1.165, 1.54) is 12.4 Å². The van der Waals surface area contributed by atoms with Crippen molar-refractivity contribution in [3.8, 4) is 11.6 Å². The summed E-state index contributed by atoms with van der Waals surface area (Å²) in [7, 11) is 0. The average molecular weight is 276 g/mol. The van der Waals surface area contributed by atoms with Gasteiger partial charge in [-0.2, -0.15) is 0 Å². The molecule has 1 aromatic heterocycles. The maximum Gasteiger partial charge on any atom is 0.227 e. The summed E-state index contributed by atoms with van der Waals surface area (Å²) in [6.07, 6.45) is 2.88. The molecule has 0 saturated carbocycles. The molecular weight excluding hydrogens is 259 g/mol. The van der Waals surface area contributed by atoms with Crippen molar-refractivity contribution >= 4 is 5.82 Å². The molecule has 0 aliphatic rings. The van der Waals surface area contributed by atoms with E-state index in [1.807, 2.05) is 13.8 Å². The van der Waals surface area contributed by atoms with Crippen LogP contribution < -0.4 is 16.0 Å². The first-order valence-electron chi connectivity index (χ1n) is 6.40. The molecule has 106 valence electrons. The lowest BCUT2D eigenvalue weighted by molar-refractivity contribution is 0.421. The lowest BCUT2D eigenvalue weighted by Gasteiger charge is -2.13. The van der Waals surface area contributed by atoms with Crippen LogP contribution in [0.5, 0.6) is 11.6 Å². The fourth-order valence-electron chi connectivity index (χ4n) is 1.88. The van der Waals surface area contributed by atoms with E-state index in [0.29, 0.717) is 18.1 Å². The number of aryl methyl sites for hydroxylation is 1. The van der Waals surface area contributed by atoms with Crippen LogP contribution in [0.15, 0.2) is 24.5 Å². The second kappa shape index (κ2) is 6.29. The molecular formula is C14H17FN4O. The Morgan fingerprint density at radius 2 is 2.15 bits per heavy atom. The molecule has 20 heavy (non-hydrogen) atoms. The molecule has 5 nitrogen and oxygen atoms in total. The van der Waals surface area contributed by atoms with E-state index < -0.39 is 5.82 Å². The first-order chi connectivity index (χ1) is 9.65. The van der Waals surface area contributed by atoms with Crippen LogP contribution in [0.4, 0.5) is 10.2 Å². The summed E-state index contributed by atoms with van der Waals surface area (Å²) in [6.45, 7) is 3.89. The number of aromatic nitrogens is 2. The van der Waals surface area contributed by atoms with Crippen molar-refractivity contribution in [2.24, 2.45) is 5.84 Å². The molecule has 3 N–H and O–H groups in total. The number of halogens is 1. The van der Waals surface area contributed by atoms with Gasteiger partial charge in [-0.25, -0.2) is 20.2 Å². The summed E-state index contributed by atoms with van der Waals surface area (Å²) < 4.78 is 19.3. The monoisotopic (exact) mass is 276 g/mol. The van der Waals surface area contributed by atoms with Gasteiger partial charge in [-0.3, -0.25) is 0 Å². The quantitative estimate of drug-likeness (QED) is 0.649. The normalized spacial score (nSPS) is 10.4. The Morgan fingerprint density at radius 1 is 1.35 bits per heavy atom. The largest absolute Gasteiger partial charge is 0.435 e. The number of nitrogen functional groups attached to an aromatic ring is 1. The molecule has 0 saturated heterocycles. The second-order valence-corrected chi connectivity index (χ2v) is 4.44. The molecule has 2 aromatic rings. The predicted molar refractivity (Wildman–Crippen MR) is 75.0 cm³/mol. The van der Waals surface area contributed by atoms with Crippen LogP contribution >= 0.6 is 0 Å². The molecule has 0 aliphatic carbocycles. The zero-order valence-corrected chi connectivity index (χ0v) is 11.5. The van der Waals surface area contributed by atoms with E-state index in [-0.39, 0.29) is 5.75 Å². The van der Waals surface area contributed by atoms with E-state index >= 15 is 0 Å². The number of hydrazine groups is 1. The zero-order chi connectivity index (χ0) is 14.5. The minimum absolute atomic E-state index is 0.143. The summed E-state index contributed by atoms with van der Waals surface area (Å²) in [5, 5.41) is 0. The number of rotatable bonds is 5. The minimum Gasteiger partial charge on any atom is -0.435 e. The van der Waals surface area contributed by atoms with Gasteiger partial charge in [0.15, 0.2) is 11.6 Å². The molecule has 6 heteroatoms. The molecule has 0 fully saturated rings. The Balaban J connectivity index is 2.39.